The molecule has 21 heavy (non-hydrogen) atoms. The number of nitrogens with zero attached hydrogens (tertiary/aromatic N) is 1. The average molecular weight is 298 g/mol. The maximum atomic E-state index is 12.0. The van der Waals surface area contributed by atoms with Crippen LogP contribution in [0.15, 0.2) is 0 Å². The molecule has 4 heteroatoms. The van der Waals surface area contributed by atoms with Gasteiger partial charge in [-0.1, -0.05) is 20.8 Å². The van der Waals surface area contributed by atoms with E-state index in [1.54, 1.807) is 0 Å². The van der Waals surface area contributed by atoms with E-state index in [1.807, 2.05) is 6.92 Å². The van der Waals surface area contributed by atoms with Gasteiger partial charge in [-0.25, -0.2) is 0 Å². The molecule has 0 saturated carbocycles. The van der Waals surface area contributed by atoms with E-state index in [0.717, 1.165) is 44.3 Å². The van der Waals surface area contributed by atoms with E-state index < -0.39 is 0 Å². The van der Waals surface area contributed by atoms with E-state index in [2.05, 4.69) is 37.9 Å². The van der Waals surface area contributed by atoms with Gasteiger partial charge < -0.3 is 15.0 Å². The first-order valence-electron chi connectivity index (χ1n) is 8.63. The van der Waals surface area contributed by atoms with Crippen LogP contribution in [0.4, 0.5) is 0 Å². The quantitative estimate of drug-likeness (QED) is 0.700. The van der Waals surface area contributed by atoms with Crippen molar-refractivity contribution in [2.45, 2.75) is 66.0 Å². The van der Waals surface area contributed by atoms with Crippen LogP contribution in [0.3, 0.4) is 0 Å². The van der Waals surface area contributed by atoms with Crippen LogP contribution in [0, 0.1) is 11.8 Å². The third-order valence-electron chi connectivity index (χ3n) is 4.64. The molecular formula is C17H34N2O2. The molecule has 4 atom stereocenters. The van der Waals surface area contributed by atoms with E-state index in [-0.39, 0.29) is 12.0 Å². The summed E-state index contributed by atoms with van der Waals surface area (Å²) in [6.45, 7) is 14.4. The lowest BCUT2D eigenvalue weighted by Gasteiger charge is -2.41. The first kappa shape index (κ1) is 18.4. The van der Waals surface area contributed by atoms with Gasteiger partial charge in [0.25, 0.3) is 0 Å². The van der Waals surface area contributed by atoms with Gasteiger partial charge in [0.05, 0.1) is 6.61 Å². The summed E-state index contributed by atoms with van der Waals surface area (Å²) in [4.78, 5) is 14.6. The average Bonchev–Trinajstić information content (AvgIpc) is 2.44. The van der Waals surface area contributed by atoms with Crippen LogP contribution in [-0.2, 0) is 9.53 Å². The Labute approximate surface area is 130 Å². The molecule has 0 amide bonds. The molecule has 0 aliphatic carbocycles. The Morgan fingerprint density at radius 1 is 1.33 bits per heavy atom. The van der Waals surface area contributed by atoms with Gasteiger partial charge in [-0.05, 0) is 51.5 Å². The van der Waals surface area contributed by atoms with Crippen LogP contribution in [0.25, 0.3) is 0 Å². The molecule has 124 valence electrons. The van der Waals surface area contributed by atoms with Crippen LogP contribution in [-0.4, -0.2) is 49.2 Å². The molecule has 0 aromatic rings. The van der Waals surface area contributed by atoms with Crippen LogP contribution >= 0.6 is 0 Å². The number of hydrogen-bond donors (Lipinski definition) is 1. The van der Waals surface area contributed by atoms with Gasteiger partial charge in [0.15, 0.2) is 0 Å². The van der Waals surface area contributed by atoms with Gasteiger partial charge in [-0.3, -0.25) is 4.79 Å². The highest BCUT2D eigenvalue weighted by Crippen LogP contribution is 2.26. The fourth-order valence-electron chi connectivity index (χ4n) is 3.29. The largest absolute Gasteiger partial charge is 0.465 e. The third kappa shape index (κ3) is 5.95. The number of esters is 1. The van der Waals surface area contributed by atoms with Crippen molar-refractivity contribution in [3.8, 4) is 0 Å². The van der Waals surface area contributed by atoms with Gasteiger partial charge in [-0.2, -0.15) is 0 Å². The van der Waals surface area contributed by atoms with Crippen molar-refractivity contribution in [1.29, 1.82) is 0 Å². The zero-order chi connectivity index (χ0) is 15.8. The maximum absolute atomic E-state index is 12.0. The van der Waals surface area contributed by atoms with Gasteiger partial charge in [0.1, 0.15) is 6.04 Å². The second kappa shape index (κ2) is 9.42. The molecule has 1 aliphatic heterocycles. The highest BCUT2D eigenvalue weighted by molar-refractivity contribution is 5.75. The Balaban J connectivity index is 2.52. The second-order valence-electron chi connectivity index (χ2n) is 6.60. The lowest BCUT2D eigenvalue weighted by Crippen LogP contribution is -2.48. The van der Waals surface area contributed by atoms with Crippen LogP contribution in [0.5, 0.6) is 0 Å². The number of ether oxygens (including phenoxy) is 1. The molecule has 0 aromatic heterocycles. The number of nitrogens with one attached hydrogen (secondary N) is 1. The Kier molecular flexibility index (Phi) is 8.27. The maximum Gasteiger partial charge on any atom is 0.323 e. The van der Waals surface area contributed by atoms with E-state index in [4.69, 9.17) is 4.74 Å². The van der Waals surface area contributed by atoms with Crippen molar-refractivity contribution < 1.29 is 9.53 Å². The summed E-state index contributed by atoms with van der Waals surface area (Å²) in [6, 6.07) is 0.444. The van der Waals surface area contributed by atoms with Gasteiger partial charge >= 0.3 is 5.97 Å². The summed E-state index contributed by atoms with van der Waals surface area (Å²) in [5, 5.41) is 3.33. The molecule has 4 nitrogen and oxygen atoms in total. The zero-order valence-corrected chi connectivity index (χ0v) is 14.5. The monoisotopic (exact) mass is 298 g/mol. The summed E-state index contributed by atoms with van der Waals surface area (Å²) >= 11 is 0. The Morgan fingerprint density at radius 3 is 2.67 bits per heavy atom. The number of rotatable bonds is 8. The number of carbonyl (C=O) groups excluding carboxylic acids is 1. The molecule has 0 radical (unpaired) electrons. The van der Waals surface area contributed by atoms with Crippen LogP contribution in [0.2, 0.25) is 0 Å². The van der Waals surface area contributed by atoms with E-state index in [0.29, 0.717) is 12.6 Å². The molecule has 1 heterocycles. The van der Waals surface area contributed by atoms with Crippen molar-refractivity contribution in [3.63, 3.8) is 0 Å². The molecule has 1 N–H and O–H groups in total. The summed E-state index contributed by atoms with van der Waals surface area (Å²) in [7, 11) is 0. The fraction of sp³-hybridized carbons (Fsp3) is 0.941. The predicted molar refractivity (Wildman–Crippen MR) is 87.3 cm³/mol. The highest BCUT2D eigenvalue weighted by atomic mass is 16.5. The standard InChI is InChI=1S/C17H34N2O2/c1-6-9-18-16(17(20)21-7-2)8-10-19-12-13(3)11-14(4)15(19)5/h13-16,18H,6-12H2,1-5H3. The SMILES string of the molecule is CCCNC(CCN1CC(C)CC(C)C1C)C(=O)OCC. The number of piperidine rings is 1. The fourth-order valence-corrected chi connectivity index (χ4v) is 3.29. The van der Waals surface area contributed by atoms with Crippen molar-refractivity contribution in [1.82, 2.24) is 10.2 Å². The third-order valence-corrected chi connectivity index (χ3v) is 4.64. The first-order valence-corrected chi connectivity index (χ1v) is 8.63. The summed E-state index contributed by atoms with van der Waals surface area (Å²) in [5.41, 5.74) is 0. The normalized spacial score (nSPS) is 28.3. The van der Waals surface area contributed by atoms with E-state index in [1.165, 1.54) is 6.42 Å². The van der Waals surface area contributed by atoms with Crippen molar-refractivity contribution in [2.24, 2.45) is 11.8 Å². The predicted octanol–water partition coefficient (Wildman–Crippen LogP) is 2.67. The molecule has 1 fully saturated rings. The minimum Gasteiger partial charge on any atom is -0.465 e. The molecule has 0 spiro atoms. The number of carbonyl (C=O) groups is 1. The topological polar surface area (TPSA) is 41.6 Å². The van der Waals surface area contributed by atoms with Crippen LogP contribution in [0.1, 0.15) is 53.9 Å². The number of likely N-dealkylation sites (tertiary alicyclic amines) is 1. The lowest BCUT2D eigenvalue weighted by molar-refractivity contribution is -0.146. The van der Waals surface area contributed by atoms with E-state index >= 15 is 0 Å². The highest BCUT2D eigenvalue weighted by Gasteiger charge is 2.29. The van der Waals surface area contributed by atoms with Gasteiger partial charge in [0.2, 0.25) is 0 Å². The van der Waals surface area contributed by atoms with E-state index in [9.17, 15) is 4.79 Å². The molecule has 4 unspecified atom stereocenters. The molecule has 0 bridgehead atoms. The first-order chi connectivity index (χ1) is 9.99. The van der Waals surface area contributed by atoms with Crippen molar-refractivity contribution >= 4 is 5.97 Å². The Hall–Kier alpha value is -0.610. The second-order valence-corrected chi connectivity index (χ2v) is 6.60. The van der Waals surface area contributed by atoms with Gasteiger partial charge in [0, 0.05) is 19.1 Å². The molecular weight excluding hydrogens is 264 g/mol. The lowest BCUT2D eigenvalue weighted by atomic mass is 9.86. The minimum absolute atomic E-state index is 0.100. The smallest absolute Gasteiger partial charge is 0.323 e. The Bertz CT molecular complexity index is 309. The number of hydrogen-bond acceptors (Lipinski definition) is 4. The summed E-state index contributed by atoms with van der Waals surface area (Å²) in [5.74, 6) is 1.39. The van der Waals surface area contributed by atoms with Gasteiger partial charge in [-0.15, -0.1) is 0 Å². The summed E-state index contributed by atoms with van der Waals surface area (Å²) < 4.78 is 5.19. The molecule has 1 rings (SSSR count). The summed E-state index contributed by atoms with van der Waals surface area (Å²) in [6.07, 6.45) is 3.18. The molecule has 0 aromatic carbocycles. The minimum atomic E-state index is -0.162. The zero-order valence-electron chi connectivity index (χ0n) is 14.5. The van der Waals surface area contributed by atoms with Crippen LogP contribution < -0.4 is 5.32 Å². The Morgan fingerprint density at radius 2 is 2.05 bits per heavy atom. The molecule has 1 aliphatic rings. The van der Waals surface area contributed by atoms with Crippen molar-refractivity contribution in [3.05, 3.63) is 0 Å². The molecule has 1 saturated heterocycles. The van der Waals surface area contributed by atoms with Crippen molar-refractivity contribution in [2.75, 3.05) is 26.2 Å².